The van der Waals surface area contributed by atoms with Crippen molar-refractivity contribution in [1.29, 1.82) is 0 Å². The molecule has 1 heterocycles. The Morgan fingerprint density at radius 2 is 2.10 bits per heavy atom. The van der Waals surface area contributed by atoms with Gasteiger partial charge in [0.15, 0.2) is 0 Å². The molecule has 0 spiro atoms. The Morgan fingerprint density at radius 1 is 1.45 bits per heavy atom. The maximum absolute atomic E-state index is 13.4. The van der Waals surface area contributed by atoms with E-state index in [9.17, 15) is 18.4 Å². The van der Waals surface area contributed by atoms with E-state index >= 15 is 0 Å². The van der Waals surface area contributed by atoms with Crippen molar-refractivity contribution in [1.82, 2.24) is 4.57 Å². The Kier molecular flexibility index (Phi) is 2.79. The molecular weight excluding hydrogens is 292 g/mol. The van der Waals surface area contributed by atoms with Gasteiger partial charge in [0.05, 0.1) is 22.0 Å². The van der Waals surface area contributed by atoms with Crippen LogP contribution >= 0.6 is 11.6 Å². The molecule has 2 atom stereocenters. The predicted molar refractivity (Wildman–Crippen MR) is 68.7 cm³/mol. The van der Waals surface area contributed by atoms with E-state index in [-0.39, 0.29) is 22.3 Å². The molecule has 1 fully saturated rings. The summed E-state index contributed by atoms with van der Waals surface area (Å²) in [5.41, 5.74) is -1.20. The van der Waals surface area contributed by atoms with Crippen molar-refractivity contribution in [2.75, 3.05) is 0 Å². The maximum atomic E-state index is 13.4. The number of fused-ring (bicyclic) bond motifs is 1. The van der Waals surface area contributed by atoms with Crippen LogP contribution in [-0.2, 0) is 0 Å². The first kappa shape index (κ1) is 13.1. The Morgan fingerprint density at radius 3 is 2.65 bits per heavy atom. The number of nitrogens with zero attached hydrogens (tertiary/aromatic N) is 1. The largest absolute Gasteiger partial charge is 0.477 e. The average molecular weight is 300 g/mol. The number of hydrogen-bond donors (Lipinski definition) is 1. The molecule has 1 aliphatic carbocycles. The standard InChI is InChI=1S/C13H8ClF2NO3/c14-8-2-5(15)1-6-11(8)17(10-3-9(10)16)4-7(12(6)18)13(19)20/h1-2,4,9-10H,3H2,(H,19,20)/t9-,10+/m0/s1. The number of aromatic nitrogens is 1. The number of hydrogen-bond acceptors (Lipinski definition) is 2. The number of aromatic carboxylic acids is 1. The predicted octanol–water partition coefficient (Wildman–Crippen LogP) is 2.78. The van der Waals surface area contributed by atoms with Crippen molar-refractivity contribution in [3.63, 3.8) is 0 Å². The SMILES string of the molecule is O=C(O)c1cn([C@@H]2C[C@@H]2F)c2c(Cl)cc(F)cc2c1=O. The van der Waals surface area contributed by atoms with Gasteiger partial charge in [0.1, 0.15) is 17.6 Å². The smallest absolute Gasteiger partial charge is 0.341 e. The highest BCUT2D eigenvalue weighted by Gasteiger charge is 2.40. The molecule has 7 heteroatoms. The summed E-state index contributed by atoms with van der Waals surface area (Å²) in [7, 11) is 0. The summed E-state index contributed by atoms with van der Waals surface area (Å²) < 4.78 is 28.0. The first-order valence-electron chi connectivity index (χ1n) is 5.81. The second-order valence-electron chi connectivity index (χ2n) is 4.69. The molecule has 1 aromatic carbocycles. The molecule has 1 N–H and O–H groups in total. The minimum absolute atomic E-state index is 0.0480. The normalized spacial score (nSPS) is 21.1. The number of carboxylic acids is 1. The average Bonchev–Trinajstić information content (AvgIpc) is 3.07. The highest BCUT2D eigenvalue weighted by atomic mass is 35.5. The van der Waals surface area contributed by atoms with Crippen molar-refractivity contribution in [3.05, 3.63) is 45.0 Å². The molecule has 1 aromatic heterocycles. The van der Waals surface area contributed by atoms with Gasteiger partial charge in [-0.15, -0.1) is 0 Å². The number of carbonyl (C=O) groups is 1. The number of halogens is 3. The Labute approximate surface area is 116 Å². The molecule has 104 valence electrons. The summed E-state index contributed by atoms with van der Waals surface area (Å²) in [4.78, 5) is 23.1. The summed E-state index contributed by atoms with van der Waals surface area (Å²) in [6.07, 6.45) is 0.162. The molecule has 0 amide bonds. The molecule has 0 unspecified atom stereocenters. The fourth-order valence-corrected chi connectivity index (χ4v) is 2.57. The molecule has 2 aromatic rings. The number of alkyl halides is 1. The molecule has 0 aliphatic heterocycles. The lowest BCUT2D eigenvalue weighted by molar-refractivity contribution is 0.0694. The Bertz CT molecular complexity index is 802. The quantitative estimate of drug-likeness (QED) is 0.927. The van der Waals surface area contributed by atoms with Crippen LogP contribution in [0.5, 0.6) is 0 Å². The molecule has 4 nitrogen and oxygen atoms in total. The van der Waals surface area contributed by atoms with Crippen LogP contribution in [0.1, 0.15) is 22.8 Å². The maximum Gasteiger partial charge on any atom is 0.341 e. The zero-order valence-corrected chi connectivity index (χ0v) is 10.7. The van der Waals surface area contributed by atoms with E-state index in [0.29, 0.717) is 0 Å². The number of carboxylic acid groups (broad SMARTS) is 1. The lowest BCUT2D eigenvalue weighted by Crippen LogP contribution is -2.19. The third kappa shape index (κ3) is 1.87. The van der Waals surface area contributed by atoms with Gasteiger partial charge in [0.2, 0.25) is 5.43 Å². The minimum atomic E-state index is -1.44. The molecule has 0 saturated heterocycles. The zero-order chi connectivity index (χ0) is 14.6. The van der Waals surface area contributed by atoms with Crippen LogP contribution in [0.25, 0.3) is 10.9 Å². The molecule has 20 heavy (non-hydrogen) atoms. The van der Waals surface area contributed by atoms with Crippen LogP contribution in [0, 0.1) is 5.82 Å². The lowest BCUT2D eigenvalue weighted by Gasteiger charge is -2.12. The summed E-state index contributed by atoms with van der Waals surface area (Å²) in [5.74, 6) is -2.19. The third-order valence-electron chi connectivity index (χ3n) is 3.31. The van der Waals surface area contributed by atoms with Crippen LogP contribution in [0.3, 0.4) is 0 Å². The Hall–Kier alpha value is -1.95. The molecule has 0 bridgehead atoms. The third-order valence-corrected chi connectivity index (χ3v) is 3.60. The van der Waals surface area contributed by atoms with Crippen molar-refractivity contribution in [2.45, 2.75) is 18.6 Å². The van der Waals surface area contributed by atoms with Gasteiger partial charge in [0.25, 0.3) is 0 Å². The number of pyridine rings is 1. The minimum Gasteiger partial charge on any atom is -0.477 e. The second-order valence-corrected chi connectivity index (χ2v) is 5.09. The summed E-state index contributed by atoms with van der Waals surface area (Å²) in [6, 6.07) is 1.36. The first-order chi connectivity index (χ1) is 9.40. The molecular formula is C13H8ClF2NO3. The van der Waals surface area contributed by atoms with Gasteiger partial charge in [-0.05, 0) is 12.1 Å². The van der Waals surface area contributed by atoms with Crippen LogP contribution in [-0.4, -0.2) is 21.8 Å². The summed E-state index contributed by atoms with van der Waals surface area (Å²) in [6.45, 7) is 0. The molecule has 0 radical (unpaired) electrons. The zero-order valence-electron chi connectivity index (χ0n) is 9.94. The van der Waals surface area contributed by atoms with Gasteiger partial charge in [-0.25, -0.2) is 13.6 Å². The Balaban J connectivity index is 2.45. The van der Waals surface area contributed by atoms with E-state index in [1.807, 2.05) is 0 Å². The summed E-state index contributed by atoms with van der Waals surface area (Å²) >= 11 is 5.92. The summed E-state index contributed by atoms with van der Waals surface area (Å²) in [5, 5.41) is 8.82. The van der Waals surface area contributed by atoms with Crippen LogP contribution in [0.2, 0.25) is 5.02 Å². The van der Waals surface area contributed by atoms with Crippen molar-refractivity contribution >= 4 is 28.5 Å². The highest BCUT2D eigenvalue weighted by Crippen LogP contribution is 2.41. The van der Waals surface area contributed by atoms with Crippen LogP contribution < -0.4 is 5.43 Å². The fraction of sp³-hybridized carbons (Fsp3) is 0.231. The van der Waals surface area contributed by atoms with Gasteiger partial charge < -0.3 is 9.67 Å². The van der Waals surface area contributed by atoms with Crippen LogP contribution in [0.15, 0.2) is 23.1 Å². The monoisotopic (exact) mass is 299 g/mol. The lowest BCUT2D eigenvalue weighted by atomic mass is 10.1. The van der Waals surface area contributed by atoms with Crippen molar-refractivity contribution in [2.24, 2.45) is 0 Å². The molecule has 3 rings (SSSR count). The van der Waals surface area contributed by atoms with E-state index in [4.69, 9.17) is 16.7 Å². The van der Waals surface area contributed by atoms with E-state index in [2.05, 4.69) is 0 Å². The van der Waals surface area contributed by atoms with E-state index in [0.717, 1.165) is 18.3 Å². The second kappa shape index (κ2) is 4.28. The van der Waals surface area contributed by atoms with Crippen molar-refractivity contribution in [3.8, 4) is 0 Å². The molecule has 1 saturated carbocycles. The number of benzene rings is 1. The van der Waals surface area contributed by atoms with E-state index in [1.54, 1.807) is 0 Å². The van der Waals surface area contributed by atoms with E-state index < -0.39 is 35.0 Å². The van der Waals surface area contributed by atoms with Gasteiger partial charge in [-0.3, -0.25) is 4.79 Å². The first-order valence-corrected chi connectivity index (χ1v) is 6.19. The van der Waals surface area contributed by atoms with Gasteiger partial charge in [-0.2, -0.15) is 0 Å². The number of rotatable bonds is 2. The fourth-order valence-electron chi connectivity index (χ4n) is 2.26. The highest BCUT2D eigenvalue weighted by molar-refractivity contribution is 6.35. The van der Waals surface area contributed by atoms with Crippen molar-refractivity contribution < 1.29 is 18.7 Å². The topological polar surface area (TPSA) is 59.3 Å². The van der Waals surface area contributed by atoms with Crippen LogP contribution in [0.4, 0.5) is 8.78 Å². The molecule has 1 aliphatic rings. The van der Waals surface area contributed by atoms with E-state index in [1.165, 1.54) is 4.57 Å². The van der Waals surface area contributed by atoms with Gasteiger partial charge >= 0.3 is 5.97 Å². The van der Waals surface area contributed by atoms with Gasteiger partial charge in [0, 0.05) is 12.6 Å². The van der Waals surface area contributed by atoms with Gasteiger partial charge in [-0.1, -0.05) is 11.6 Å².